The second-order valence-corrected chi connectivity index (χ2v) is 9.22. The molecule has 4 bridgehead atoms. The topological polar surface area (TPSA) is 29.1 Å². The lowest BCUT2D eigenvalue weighted by Gasteiger charge is -2.64. The Bertz CT molecular complexity index is 637. The van der Waals surface area contributed by atoms with Crippen LogP contribution in [0.25, 0.3) is 0 Å². The molecule has 2 atom stereocenters. The molecule has 0 aromatic heterocycles. The predicted molar refractivity (Wildman–Crippen MR) is 88.1 cm³/mol. The van der Waals surface area contributed by atoms with Crippen molar-refractivity contribution in [3.05, 3.63) is 35.6 Å². The van der Waals surface area contributed by atoms with E-state index >= 15 is 0 Å². The zero-order chi connectivity index (χ0) is 16.3. The van der Waals surface area contributed by atoms with Gasteiger partial charge in [-0.15, -0.1) is 0 Å². The summed E-state index contributed by atoms with van der Waals surface area (Å²) in [5.74, 6) is 0.663. The predicted octanol–water partition coefficient (Wildman–Crippen LogP) is 4.44. The van der Waals surface area contributed by atoms with Crippen LogP contribution in [0, 0.1) is 28.0 Å². The maximum Gasteiger partial charge on any atom is 0.226 e. The van der Waals surface area contributed by atoms with Crippen LogP contribution in [-0.4, -0.2) is 5.91 Å². The van der Waals surface area contributed by atoms with E-state index in [0.29, 0.717) is 23.3 Å². The van der Waals surface area contributed by atoms with Gasteiger partial charge < -0.3 is 5.32 Å². The third-order valence-electron chi connectivity index (χ3n) is 6.45. The van der Waals surface area contributed by atoms with Crippen molar-refractivity contribution in [1.29, 1.82) is 0 Å². The van der Waals surface area contributed by atoms with Crippen molar-refractivity contribution in [3.63, 3.8) is 0 Å². The molecule has 4 aliphatic carbocycles. The minimum atomic E-state index is -0.244. The summed E-state index contributed by atoms with van der Waals surface area (Å²) in [6.45, 7) is 5.19. The molecule has 1 aromatic rings. The van der Waals surface area contributed by atoms with Crippen molar-refractivity contribution < 1.29 is 9.18 Å². The zero-order valence-electron chi connectivity index (χ0n) is 14.1. The molecule has 4 aliphatic rings. The Balaban J connectivity index is 1.52. The average Bonchev–Trinajstić information content (AvgIpc) is 2.41. The summed E-state index contributed by atoms with van der Waals surface area (Å²) < 4.78 is 13.3. The molecular weight excluding hydrogens is 289 g/mol. The van der Waals surface area contributed by atoms with Crippen LogP contribution in [-0.2, 0) is 11.3 Å². The average molecular weight is 315 g/mol. The highest BCUT2D eigenvalue weighted by Gasteiger charge is 2.62. The lowest BCUT2D eigenvalue weighted by Crippen LogP contribution is -2.59. The minimum absolute atomic E-state index is 0.184. The molecule has 2 nitrogen and oxygen atoms in total. The molecule has 1 N–H and O–H groups in total. The molecule has 2 unspecified atom stereocenters. The first-order chi connectivity index (χ1) is 10.8. The molecule has 0 spiro atoms. The van der Waals surface area contributed by atoms with E-state index in [0.717, 1.165) is 24.8 Å². The molecule has 0 radical (unpaired) electrons. The van der Waals surface area contributed by atoms with E-state index in [1.807, 2.05) is 6.07 Å². The zero-order valence-corrected chi connectivity index (χ0v) is 14.1. The first kappa shape index (κ1) is 15.2. The Morgan fingerprint density at radius 2 is 1.87 bits per heavy atom. The van der Waals surface area contributed by atoms with Gasteiger partial charge in [-0.3, -0.25) is 4.79 Å². The molecule has 1 aromatic carbocycles. The van der Waals surface area contributed by atoms with E-state index in [1.165, 1.54) is 31.4 Å². The van der Waals surface area contributed by atoms with Gasteiger partial charge in [-0.2, -0.15) is 0 Å². The highest BCUT2D eigenvalue weighted by atomic mass is 19.1. The number of carbonyl (C=O) groups is 1. The fourth-order valence-corrected chi connectivity index (χ4v) is 6.72. The van der Waals surface area contributed by atoms with Gasteiger partial charge in [0, 0.05) is 6.54 Å². The van der Waals surface area contributed by atoms with E-state index in [-0.39, 0.29) is 17.1 Å². The van der Waals surface area contributed by atoms with Gasteiger partial charge in [-0.25, -0.2) is 4.39 Å². The SMILES string of the molecule is CC12CC3CC(C)(C1)CC(C(=O)NCc1cccc(F)c1)(C3)C2. The molecule has 124 valence electrons. The van der Waals surface area contributed by atoms with Gasteiger partial charge >= 0.3 is 0 Å². The number of amides is 1. The van der Waals surface area contributed by atoms with Gasteiger partial charge in [0.2, 0.25) is 5.91 Å². The van der Waals surface area contributed by atoms with Crippen LogP contribution in [0.15, 0.2) is 24.3 Å². The number of hydrogen-bond donors (Lipinski definition) is 1. The smallest absolute Gasteiger partial charge is 0.226 e. The number of hydrogen-bond acceptors (Lipinski definition) is 1. The van der Waals surface area contributed by atoms with Crippen LogP contribution in [0.5, 0.6) is 0 Å². The number of halogens is 1. The molecule has 0 saturated heterocycles. The van der Waals surface area contributed by atoms with Crippen molar-refractivity contribution in [2.24, 2.45) is 22.2 Å². The van der Waals surface area contributed by atoms with Crippen LogP contribution in [0.1, 0.15) is 57.9 Å². The molecular formula is C20H26FNO. The number of nitrogens with one attached hydrogen (secondary N) is 1. The standard InChI is InChI=1S/C20H26FNO/c1-18-7-15-8-19(2,11-18)13-20(9-15,12-18)17(23)22-10-14-4-3-5-16(21)6-14/h3-6,15H,7-13H2,1-2H3,(H,22,23). The van der Waals surface area contributed by atoms with Crippen molar-refractivity contribution in [2.45, 2.75) is 58.9 Å². The highest BCUT2D eigenvalue weighted by Crippen LogP contribution is 2.69. The van der Waals surface area contributed by atoms with Gasteiger partial charge in [0.1, 0.15) is 5.82 Å². The van der Waals surface area contributed by atoms with Crippen molar-refractivity contribution in [1.82, 2.24) is 5.32 Å². The fraction of sp³-hybridized carbons (Fsp3) is 0.650. The molecule has 0 aliphatic heterocycles. The second kappa shape index (κ2) is 4.81. The summed E-state index contributed by atoms with van der Waals surface area (Å²) in [5.41, 5.74) is 1.32. The number of benzene rings is 1. The van der Waals surface area contributed by atoms with Gasteiger partial charge in [-0.1, -0.05) is 26.0 Å². The van der Waals surface area contributed by atoms with E-state index in [9.17, 15) is 9.18 Å². The summed E-state index contributed by atoms with van der Waals surface area (Å²) >= 11 is 0. The van der Waals surface area contributed by atoms with Gasteiger partial charge in [-0.05, 0) is 73.0 Å². The van der Waals surface area contributed by atoms with Gasteiger partial charge in [0.05, 0.1) is 5.41 Å². The van der Waals surface area contributed by atoms with Crippen LogP contribution in [0.2, 0.25) is 0 Å². The fourth-order valence-electron chi connectivity index (χ4n) is 6.72. The number of rotatable bonds is 3. The van der Waals surface area contributed by atoms with Crippen LogP contribution in [0.4, 0.5) is 4.39 Å². The highest BCUT2D eigenvalue weighted by molar-refractivity contribution is 5.83. The summed E-state index contributed by atoms with van der Waals surface area (Å²) in [7, 11) is 0. The van der Waals surface area contributed by atoms with Crippen LogP contribution >= 0.6 is 0 Å². The summed E-state index contributed by atoms with van der Waals surface area (Å²) in [5, 5.41) is 3.11. The third kappa shape index (κ3) is 2.58. The monoisotopic (exact) mass is 315 g/mol. The Labute approximate surface area is 137 Å². The van der Waals surface area contributed by atoms with Crippen molar-refractivity contribution in [2.75, 3.05) is 0 Å². The normalized spacial score (nSPS) is 41.1. The first-order valence-electron chi connectivity index (χ1n) is 8.83. The molecule has 5 rings (SSSR count). The minimum Gasteiger partial charge on any atom is -0.352 e. The Kier molecular flexibility index (Phi) is 3.17. The Morgan fingerprint density at radius 1 is 1.17 bits per heavy atom. The Hall–Kier alpha value is -1.38. The lowest BCUT2D eigenvalue weighted by atomic mass is 9.40. The van der Waals surface area contributed by atoms with E-state index < -0.39 is 0 Å². The largest absolute Gasteiger partial charge is 0.352 e. The molecule has 1 amide bonds. The van der Waals surface area contributed by atoms with E-state index in [4.69, 9.17) is 0 Å². The number of carbonyl (C=O) groups excluding carboxylic acids is 1. The molecule has 4 saturated carbocycles. The first-order valence-corrected chi connectivity index (χ1v) is 8.83. The Morgan fingerprint density at radius 3 is 2.48 bits per heavy atom. The van der Waals surface area contributed by atoms with Gasteiger partial charge in [0.15, 0.2) is 0 Å². The summed E-state index contributed by atoms with van der Waals surface area (Å²) in [6.07, 6.45) is 6.97. The maximum absolute atomic E-state index is 13.3. The molecule has 4 fully saturated rings. The van der Waals surface area contributed by atoms with Crippen LogP contribution < -0.4 is 5.32 Å². The maximum atomic E-state index is 13.3. The third-order valence-corrected chi connectivity index (χ3v) is 6.45. The van der Waals surface area contributed by atoms with Crippen molar-refractivity contribution >= 4 is 5.91 Å². The van der Waals surface area contributed by atoms with E-state index in [2.05, 4.69) is 19.2 Å². The molecule has 23 heavy (non-hydrogen) atoms. The molecule has 0 heterocycles. The molecule has 3 heteroatoms. The lowest BCUT2D eigenvalue weighted by molar-refractivity contribution is -0.170. The van der Waals surface area contributed by atoms with Crippen molar-refractivity contribution in [3.8, 4) is 0 Å². The van der Waals surface area contributed by atoms with Gasteiger partial charge in [0.25, 0.3) is 0 Å². The summed E-state index contributed by atoms with van der Waals surface area (Å²) in [4.78, 5) is 13.0. The second-order valence-electron chi connectivity index (χ2n) is 9.22. The quantitative estimate of drug-likeness (QED) is 0.878. The summed E-state index contributed by atoms with van der Waals surface area (Å²) in [6, 6.07) is 6.50. The van der Waals surface area contributed by atoms with Crippen LogP contribution in [0.3, 0.4) is 0 Å². The van der Waals surface area contributed by atoms with E-state index in [1.54, 1.807) is 6.07 Å².